The highest BCUT2D eigenvalue weighted by atomic mass is 19.1. The van der Waals surface area contributed by atoms with Crippen molar-refractivity contribution in [3.8, 4) is 11.1 Å². The number of likely N-dealkylation sites (N-methyl/N-ethyl adjacent to an activating group) is 1. The van der Waals surface area contributed by atoms with Gasteiger partial charge in [-0.05, 0) is 19.2 Å². The SMILES string of the molecule is C=C(F)/C=C(/NC)c1[nH]c2ncc(-c3cnc4c(c3)c(=O)c(C(=O)O)cn4C)c(N3C[C@H]4CN(C)[C@H]4C3)c2c1F. The molecule has 12 heteroatoms. The second-order valence-corrected chi connectivity index (χ2v) is 10.4. The van der Waals surface area contributed by atoms with Crippen molar-refractivity contribution in [2.45, 2.75) is 6.04 Å². The molecule has 4 aromatic heterocycles. The molecule has 0 aliphatic carbocycles. The molecule has 2 aliphatic rings. The highest BCUT2D eigenvalue weighted by Gasteiger charge is 2.44. The smallest absolute Gasteiger partial charge is 0.341 e. The van der Waals surface area contributed by atoms with Gasteiger partial charge in [-0.15, -0.1) is 0 Å². The fourth-order valence-electron chi connectivity index (χ4n) is 6.00. The van der Waals surface area contributed by atoms with E-state index >= 15 is 4.39 Å². The van der Waals surface area contributed by atoms with E-state index in [0.717, 1.165) is 12.6 Å². The number of anilines is 1. The summed E-state index contributed by atoms with van der Waals surface area (Å²) in [4.78, 5) is 41.1. The minimum atomic E-state index is -1.33. The quantitative estimate of drug-likeness (QED) is 0.315. The molecule has 10 nitrogen and oxygen atoms in total. The number of allylic oxidation sites excluding steroid dienone is 2. The van der Waals surface area contributed by atoms with Crippen LogP contribution in [0.15, 0.2) is 47.9 Å². The number of pyridine rings is 3. The topological polar surface area (TPSA) is 119 Å². The number of rotatable bonds is 6. The van der Waals surface area contributed by atoms with Gasteiger partial charge in [0.05, 0.1) is 22.2 Å². The van der Waals surface area contributed by atoms with Gasteiger partial charge in [-0.25, -0.2) is 23.5 Å². The number of H-pyrrole nitrogens is 1. The van der Waals surface area contributed by atoms with Crippen LogP contribution < -0.4 is 15.6 Å². The molecule has 6 heterocycles. The zero-order valence-corrected chi connectivity index (χ0v) is 22.1. The molecule has 0 radical (unpaired) electrons. The Balaban J connectivity index is 1.61. The van der Waals surface area contributed by atoms with E-state index < -0.39 is 23.0 Å². The molecule has 40 heavy (non-hydrogen) atoms. The average Bonchev–Trinajstić information content (AvgIpc) is 3.44. The molecule has 0 spiro atoms. The molecule has 0 bridgehead atoms. The van der Waals surface area contributed by atoms with E-state index in [1.807, 2.05) is 0 Å². The number of nitrogens with one attached hydrogen (secondary N) is 2. The van der Waals surface area contributed by atoms with Gasteiger partial charge in [-0.2, -0.15) is 0 Å². The predicted octanol–water partition coefficient (Wildman–Crippen LogP) is 3.11. The molecule has 0 saturated carbocycles. The Morgan fingerprint density at radius 1 is 1.25 bits per heavy atom. The fourth-order valence-corrected chi connectivity index (χ4v) is 6.00. The molecule has 3 N–H and O–H groups in total. The second kappa shape index (κ2) is 9.26. The van der Waals surface area contributed by atoms with Crippen LogP contribution in [0.3, 0.4) is 0 Å². The number of likely N-dealkylation sites (tertiary alicyclic amines) is 1. The molecular formula is C28H27F2N7O3. The summed E-state index contributed by atoms with van der Waals surface area (Å²) in [5, 5.41) is 12.7. The zero-order chi connectivity index (χ0) is 28.5. The van der Waals surface area contributed by atoms with E-state index in [-0.39, 0.29) is 33.4 Å². The molecule has 2 atom stereocenters. The van der Waals surface area contributed by atoms with Crippen LogP contribution >= 0.6 is 0 Å². The second-order valence-electron chi connectivity index (χ2n) is 10.4. The van der Waals surface area contributed by atoms with E-state index in [1.54, 1.807) is 32.6 Å². The summed E-state index contributed by atoms with van der Waals surface area (Å²) in [5.74, 6) is -2.25. The Labute approximate surface area is 227 Å². The molecule has 0 aromatic carbocycles. The van der Waals surface area contributed by atoms with Crippen molar-refractivity contribution in [1.82, 2.24) is 29.7 Å². The Morgan fingerprint density at radius 2 is 2.02 bits per heavy atom. The number of carboxylic acid groups (broad SMARTS) is 1. The average molecular weight is 548 g/mol. The van der Waals surface area contributed by atoms with Crippen molar-refractivity contribution in [3.05, 3.63) is 70.4 Å². The number of aryl methyl sites for hydroxylation is 1. The number of aromatic amines is 1. The van der Waals surface area contributed by atoms with Crippen molar-refractivity contribution in [2.75, 3.05) is 38.6 Å². The number of aromatic nitrogens is 4. The summed E-state index contributed by atoms with van der Waals surface area (Å²) in [6, 6.07) is 1.90. The molecule has 0 unspecified atom stereocenters. The van der Waals surface area contributed by atoms with Gasteiger partial charge in [-0.1, -0.05) is 6.58 Å². The van der Waals surface area contributed by atoms with Crippen LogP contribution in [0.5, 0.6) is 0 Å². The van der Waals surface area contributed by atoms with Crippen molar-refractivity contribution >= 4 is 39.4 Å². The first-order valence-electron chi connectivity index (χ1n) is 12.7. The first-order valence-corrected chi connectivity index (χ1v) is 12.7. The number of halogens is 2. The monoisotopic (exact) mass is 547 g/mol. The van der Waals surface area contributed by atoms with Gasteiger partial charge >= 0.3 is 5.97 Å². The largest absolute Gasteiger partial charge is 0.477 e. The number of nitrogens with zero attached hydrogens (tertiary/aromatic N) is 5. The first kappa shape index (κ1) is 25.7. The van der Waals surface area contributed by atoms with Crippen LogP contribution in [-0.2, 0) is 7.05 Å². The standard InChI is InChI=1S/C28H27F2N7O3/c1-13(29)5-19(31-2)23-22(30)21-24(37-10-15-9-35(3)20(15)12-37)17(8-32-26(21)34-23)14-6-16-25(38)18(28(39)40)11-36(4)27(16)33-7-14/h5-8,11,15,20,31H,1,9-10,12H2,2-4H3,(H,32,34)(H,39,40)/b19-5+/t15-,20+/m1/s1. The highest BCUT2D eigenvalue weighted by molar-refractivity contribution is 6.02. The Kier molecular flexibility index (Phi) is 5.95. The van der Waals surface area contributed by atoms with Gasteiger partial charge in [-0.3, -0.25) is 4.79 Å². The van der Waals surface area contributed by atoms with Gasteiger partial charge in [0, 0.05) is 75.4 Å². The minimum absolute atomic E-state index is 0.0399. The van der Waals surface area contributed by atoms with Crippen molar-refractivity contribution in [1.29, 1.82) is 0 Å². The number of carbonyl (C=O) groups is 1. The third-order valence-corrected chi connectivity index (χ3v) is 7.94. The van der Waals surface area contributed by atoms with Crippen LogP contribution in [-0.4, -0.2) is 75.3 Å². The fraction of sp³-hybridized carbons (Fsp3) is 0.286. The van der Waals surface area contributed by atoms with Crippen LogP contribution in [0.4, 0.5) is 14.5 Å². The number of carboxylic acids is 1. The van der Waals surface area contributed by atoms with E-state index in [2.05, 4.69) is 43.7 Å². The first-order chi connectivity index (χ1) is 19.1. The van der Waals surface area contributed by atoms with E-state index in [4.69, 9.17) is 0 Å². The number of fused-ring (bicyclic) bond motifs is 3. The lowest BCUT2D eigenvalue weighted by molar-refractivity contribution is 0.0695. The lowest BCUT2D eigenvalue weighted by Crippen LogP contribution is -2.52. The zero-order valence-electron chi connectivity index (χ0n) is 22.1. The third kappa shape index (κ3) is 3.86. The van der Waals surface area contributed by atoms with Gasteiger partial charge in [0.1, 0.15) is 28.4 Å². The maximum Gasteiger partial charge on any atom is 0.341 e. The molecule has 6 rings (SSSR count). The molecule has 2 saturated heterocycles. The van der Waals surface area contributed by atoms with Crippen LogP contribution in [0.1, 0.15) is 16.1 Å². The van der Waals surface area contributed by atoms with Crippen LogP contribution in [0.2, 0.25) is 0 Å². The summed E-state index contributed by atoms with van der Waals surface area (Å²) in [6.45, 7) is 5.55. The highest BCUT2D eigenvalue weighted by Crippen LogP contribution is 2.43. The number of aromatic carboxylic acids is 1. The molecule has 2 fully saturated rings. The van der Waals surface area contributed by atoms with E-state index in [9.17, 15) is 19.1 Å². The molecule has 4 aromatic rings. The Morgan fingerprint density at radius 3 is 2.67 bits per heavy atom. The molecule has 2 aliphatic heterocycles. The van der Waals surface area contributed by atoms with Crippen molar-refractivity contribution in [2.24, 2.45) is 13.0 Å². The van der Waals surface area contributed by atoms with Gasteiger partial charge in [0.15, 0.2) is 5.82 Å². The maximum atomic E-state index is 16.2. The third-order valence-electron chi connectivity index (χ3n) is 7.94. The molecule has 206 valence electrons. The number of hydrogen-bond acceptors (Lipinski definition) is 7. The van der Waals surface area contributed by atoms with Crippen molar-refractivity contribution in [3.63, 3.8) is 0 Å². The summed E-state index contributed by atoms with van der Waals surface area (Å²) in [5.41, 5.74) is 1.40. The lowest BCUT2D eigenvalue weighted by atomic mass is 9.93. The lowest BCUT2D eigenvalue weighted by Gasteiger charge is -2.40. The van der Waals surface area contributed by atoms with Crippen LogP contribution in [0.25, 0.3) is 38.9 Å². The number of hydrogen-bond donors (Lipinski definition) is 3. The normalized spacial score (nSPS) is 19.2. The summed E-state index contributed by atoms with van der Waals surface area (Å²) in [7, 11) is 5.23. The minimum Gasteiger partial charge on any atom is -0.477 e. The predicted molar refractivity (Wildman–Crippen MR) is 148 cm³/mol. The van der Waals surface area contributed by atoms with E-state index in [0.29, 0.717) is 47.5 Å². The van der Waals surface area contributed by atoms with Crippen molar-refractivity contribution < 1.29 is 18.7 Å². The Bertz CT molecular complexity index is 1830. The molecular weight excluding hydrogens is 520 g/mol. The summed E-state index contributed by atoms with van der Waals surface area (Å²) in [6.07, 6.45) is 5.50. The van der Waals surface area contributed by atoms with Gasteiger partial charge in [0.25, 0.3) is 0 Å². The maximum absolute atomic E-state index is 16.2. The van der Waals surface area contributed by atoms with E-state index in [1.165, 1.54) is 10.8 Å². The van der Waals surface area contributed by atoms with Gasteiger partial charge in [0.2, 0.25) is 5.43 Å². The Hall–Kier alpha value is -4.58. The summed E-state index contributed by atoms with van der Waals surface area (Å²) >= 11 is 0. The summed E-state index contributed by atoms with van der Waals surface area (Å²) < 4.78 is 31.4. The molecule has 0 amide bonds. The van der Waals surface area contributed by atoms with Crippen LogP contribution in [0, 0.1) is 11.7 Å². The van der Waals surface area contributed by atoms with Gasteiger partial charge < -0.3 is 29.8 Å².